The van der Waals surface area contributed by atoms with Crippen molar-refractivity contribution < 1.29 is 9.59 Å². The van der Waals surface area contributed by atoms with E-state index in [1.807, 2.05) is 6.92 Å². The topological polar surface area (TPSA) is 46.2 Å². The normalized spacial score (nSPS) is 42.3. The Morgan fingerprint density at radius 1 is 1.14 bits per heavy atom. The van der Waals surface area contributed by atoms with Crippen LogP contribution >= 0.6 is 15.9 Å². The SMILES string of the molecule is CC1(C)[C@]2(C)CC[C@@]1(C(=O)NC1CCCCC1)[C@@H](Br)C2=O. The lowest BCUT2D eigenvalue weighted by Crippen LogP contribution is -2.53. The molecular weight excluding hydrogens is 330 g/mol. The summed E-state index contributed by atoms with van der Waals surface area (Å²) >= 11 is 3.58. The number of fused-ring (bicyclic) bond motifs is 2. The van der Waals surface area contributed by atoms with Gasteiger partial charge in [0, 0.05) is 11.5 Å². The van der Waals surface area contributed by atoms with E-state index in [1.54, 1.807) is 0 Å². The number of hydrogen-bond acceptors (Lipinski definition) is 2. The van der Waals surface area contributed by atoms with Gasteiger partial charge >= 0.3 is 0 Å². The summed E-state index contributed by atoms with van der Waals surface area (Å²) in [5, 5.41) is 3.28. The fraction of sp³-hybridized carbons (Fsp3) is 0.882. The zero-order chi connectivity index (χ0) is 15.5. The molecule has 2 bridgehead atoms. The Labute approximate surface area is 135 Å². The largest absolute Gasteiger partial charge is 0.353 e. The third kappa shape index (κ3) is 1.77. The van der Waals surface area contributed by atoms with Gasteiger partial charge in [0.15, 0.2) is 5.78 Å². The summed E-state index contributed by atoms with van der Waals surface area (Å²) in [6.45, 7) is 6.27. The summed E-state index contributed by atoms with van der Waals surface area (Å²) < 4.78 is 0. The van der Waals surface area contributed by atoms with Gasteiger partial charge < -0.3 is 5.32 Å². The molecule has 0 spiro atoms. The molecule has 1 N–H and O–H groups in total. The first-order valence-electron chi connectivity index (χ1n) is 8.27. The van der Waals surface area contributed by atoms with Crippen molar-refractivity contribution in [2.45, 2.75) is 76.6 Å². The zero-order valence-corrected chi connectivity index (χ0v) is 14.9. The number of amides is 1. The molecule has 3 saturated carbocycles. The molecule has 0 radical (unpaired) electrons. The van der Waals surface area contributed by atoms with E-state index in [4.69, 9.17) is 0 Å². The van der Waals surface area contributed by atoms with Crippen molar-refractivity contribution in [1.29, 1.82) is 0 Å². The highest BCUT2D eigenvalue weighted by molar-refractivity contribution is 9.10. The van der Waals surface area contributed by atoms with Crippen LogP contribution in [0.1, 0.15) is 65.7 Å². The molecule has 4 heteroatoms. The van der Waals surface area contributed by atoms with Crippen molar-refractivity contribution in [1.82, 2.24) is 5.32 Å². The van der Waals surface area contributed by atoms with Crippen LogP contribution in [-0.2, 0) is 9.59 Å². The molecule has 0 heterocycles. The number of hydrogen-bond donors (Lipinski definition) is 1. The standard InChI is InChI=1S/C17H26BrNO2/c1-15(2)16(3)9-10-17(15,12(18)13(16)20)14(21)19-11-7-5-4-6-8-11/h11-12H,4-10H2,1-3H3,(H,19,21)/t12-,16+,17-/m0/s1. The Morgan fingerprint density at radius 2 is 1.76 bits per heavy atom. The van der Waals surface area contributed by atoms with Crippen LogP contribution in [0.2, 0.25) is 0 Å². The van der Waals surface area contributed by atoms with Gasteiger partial charge in [-0.3, -0.25) is 9.59 Å². The summed E-state index contributed by atoms with van der Waals surface area (Å²) in [5.74, 6) is 0.327. The molecule has 3 aliphatic rings. The maximum atomic E-state index is 13.1. The van der Waals surface area contributed by atoms with E-state index in [0.717, 1.165) is 25.7 Å². The van der Waals surface area contributed by atoms with E-state index < -0.39 is 5.41 Å². The predicted molar refractivity (Wildman–Crippen MR) is 86.3 cm³/mol. The van der Waals surface area contributed by atoms with Crippen LogP contribution in [0.4, 0.5) is 0 Å². The number of rotatable bonds is 2. The maximum absolute atomic E-state index is 13.1. The molecule has 0 unspecified atom stereocenters. The van der Waals surface area contributed by atoms with E-state index in [0.29, 0.717) is 6.04 Å². The van der Waals surface area contributed by atoms with Gasteiger partial charge in [0.1, 0.15) is 0 Å². The van der Waals surface area contributed by atoms with Crippen molar-refractivity contribution >= 4 is 27.6 Å². The number of halogens is 1. The highest BCUT2D eigenvalue weighted by atomic mass is 79.9. The highest BCUT2D eigenvalue weighted by Crippen LogP contribution is 2.72. The molecule has 3 atom stereocenters. The molecule has 21 heavy (non-hydrogen) atoms. The molecule has 0 aromatic carbocycles. The average molecular weight is 356 g/mol. The van der Waals surface area contributed by atoms with Crippen LogP contribution in [0, 0.1) is 16.2 Å². The van der Waals surface area contributed by atoms with Crippen LogP contribution < -0.4 is 5.32 Å². The predicted octanol–water partition coefficient (Wildman–Crippen LogP) is 3.59. The molecule has 3 rings (SSSR count). The van der Waals surface area contributed by atoms with E-state index in [9.17, 15) is 9.59 Å². The first kappa shape index (κ1) is 15.5. The number of Topliss-reactive ketones (excluding diaryl/α,β-unsaturated/α-hetero) is 1. The quantitative estimate of drug-likeness (QED) is 0.769. The first-order chi connectivity index (χ1) is 9.77. The van der Waals surface area contributed by atoms with Crippen molar-refractivity contribution in [3.05, 3.63) is 0 Å². The minimum atomic E-state index is -0.573. The van der Waals surface area contributed by atoms with Gasteiger partial charge in [-0.15, -0.1) is 0 Å². The first-order valence-corrected chi connectivity index (χ1v) is 9.18. The lowest BCUT2D eigenvalue weighted by atomic mass is 9.64. The summed E-state index contributed by atoms with van der Waals surface area (Å²) in [6.07, 6.45) is 7.50. The summed E-state index contributed by atoms with van der Waals surface area (Å²) in [7, 11) is 0. The molecule has 0 aromatic rings. The number of nitrogens with one attached hydrogen (secondary N) is 1. The fourth-order valence-electron chi connectivity index (χ4n) is 5.02. The Balaban J connectivity index is 1.89. The van der Waals surface area contributed by atoms with E-state index >= 15 is 0 Å². The number of carbonyl (C=O) groups is 2. The fourth-order valence-corrected chi connectivity index (χ4v) is 6.53. The molecule has 3 fully saturated rings. The van der Waals surface area contributed by atoms with Crippen molar-refractivity contribution in [2.24, 2.45) is 16.2 Å². The second-order valence-electron chi connectivity index (χ2n) is 7.96. The second-order valence-corrected chi connectivity index (χ2v) is 8.88. The second kappa shape index (κ2) is 4.81. The molecule has 0 aliphatic heterocycles. The van der Waals surface area contributed by atoms with Crippen LogP contribution in [-0.4, -0.2) is 22.6 Å². The molecule has 0 saturated heterocycles. The Bertz CT molecular complexity index is 483. The van der Waals surface area contributed by atoms with Crippen LogP contribution in [0.3, 0.4) is 0 Å². The lowest BCUT2D eigenvalue weighted by molar-refractivity contribution is -0.136. The Hall–Kier alpha value is -0.380. The van der Waals surface area contributed by atoms with Gasteiger partial charge in [0.2, 0.25) is 5.91 Å². The summed E-state index contributed by atoms with van der Waals surface area (Å²) in [6, 6.07) is 0.304. The smallest absolute Gasteiger partial charge is 0.228 e. The van der Waals surface area contributed by atoms with Crippen molar-refractivity contribution in [3.63, 3.8) is 0 Å². The van der Waals surface area contributed by atoms with E-state index in [-0.39, 0.29) is 27.3 Å². The minimum absolute atomic E-state index is 0.107. The maximum Gasteiger partial charge on any atom is 0.228 e. The van der Waals surface area contributed by atoms with Crippen LogP contribution in [0.25, 0.3) is 0 Å². The zero-order valence-electron chi connectivity index (χ0n) is 13.3. The highest BCUT2D eigenvalue weighted by Gasteiger charge is 2.76. The molecule has 0 aromatic heterocycles. The van der Waals surface area contributed by atoms with Crippen LogP contribution in [0.5, 0.6) is 0 Å². The van der Waals surface area contributed by atoms with Gasteiger partial charge in [-0.2, -0.15) is 0 Å². The van der Waals surface area contributed by atoms with E-state index in [2.05, 4.69) is 35.1 Å². The summed E-state index contributed by atoms with van der Waals surface area (Å²) in [5.41, 5.74) is -1.23. The van der Waals surface area contributed by atoms with E-state index in [1.165, 1.54) is 19.3 Å². The van der Waals surface area contributed by atoms with Crippen molar-refractivity contribution in [3.8, 4) is 0 Å². The monoisotopic (exact) mass is 355 g/mol. The van der Waals surface area contributed by atoms with Crippen LogP contribution in [0.15, 0.2) is 0 Å². The number of ketones is 1. The van der Waals surface area contributed by atoms with Gasteiger partial charge in [-0.25, -0.2) is 0 Å². The average Bonchev–Trinajstić information content (AvgIpc) is 2.72. The molecule has 3 aliphatic carbocycles. The lowest BCUT2D eigenvalue weighted by Gasteiger charge is -2.40. The van der Waals surface area contributed by atoms with Gasteiger partial charge in [0.05, 0.1) is 10.2 Å². The van der Waals surface area contributed by atoms with Gasteiger partial charge in [0.25, 0.3) is 0 Å². The minimum Gasteiger partial charge on any atom is -0.353 e. The van der Waals surface area contributed by atoms with Gasteiger partial charge in [-0.05, 0) is 31.1 Å². The molecule has 3 nitrogen and oxygen atoms in total. The Kier molecular flexibility index (Phi) is 3.55. The molecule has 1 amide bonds. The Morgan fingerprint density at radius 3 is 2.29 bits per heavy atom. The summed E-state index contributed by atoms with van der Waals surface area (Å²) in [4.78, 5) is 25.5. The molecule has 118 valence electrons. The number of carbonyl (C=O) groups excluding carboxylic acids is 2. The third-order valence-electron chi connectivity index (χ3n) is 7.07. The van der Waals surface area contributed by atoms with Gasteiger partial charge in [-0.1, -0.05) is 56.0 Å². The van der Waals surface area contributed by atoms with Crippen molar-refractivity contribution in [2.75, 3.05) is 0 Å². The third-order valence-corrected chi connectivity index (χ3v) is 8.26. The molecular formula is C17H26BrNO2. The number of alkyl halides is 1.